The molecule has 0 aromatic rings. The number of rotatable bonds is 40. The molecule has 7 nitrogen and oxygen atoms in total. The van der Waals surface area contributed by atoms with Gasteiger partial charge in [-0.15, -0.1) is 0 Å². The number of carbonyl (C=O) groups excluding carboxylic acids is 2. The summed E-state index contributed by atoms with van der Waals surface area (Å²) in [6.07, 6.45) is 38.8. The predicted molar refractivity (Wildman–Crippen MR) is 223 cm³/mol. The smallest absolute Gasteiger partial charge is 0.305 e. The molecular weight excluding hydrogens is 647 g/mol. The van der Waals surface area contributed by atoms with Crippen LogP contribution in [0.25, 0.3) is 0 Å². The van der Waals surface area contributed by atoms with E-state index in [1.54, 1.807) is 0 Å². The van der Waals surface area contributed by atoms with E-state index in [1.165, 1.54) is 154 Å². The number of hydrogen-bond acceptors (Lipinski definition) is 3. The summed E-state index contributed by atoms with van der Waals surface area (Å²) in [4.78, 5) is 40.3. The standard InChI is InChI=1S/C45H89N3O4/c1-6-8-10-12-14-16-18-20-22-24-26-28-30-34-38-47(39-35-31-29-27-25-23-21-19-17-15-13-11-9-7-2)45(52)42(41-44(50)51)46-43(49)37-33-32-36-40-48(3,4)5/h42H,6-41H2,1-5H3,(H-,46,49,50,51)/p+1/t42-/m0/s1. The predicted octanol–water partition coefficient (Wildman–Crippen LogP) is 12.0. The third kappa shape index (κ3) is 35.4. The largest absolute Gasteiger partial charge is 0.481 e. The maximum absolute atomic E-state index is 13.8. The highest BCUT2D eigenvalue weighted by Gasteiger charge is 2.28. The summed E-state index contributed by atoms with van der Waals surface area (Å²) in [5, 5.41) is 12.5. The molecule has 0 rings (SSSR count). The Morgan fingerprint density at radius 3 is 1.15 bits per heavy atom. The van der Waals surface area contributed by atoms with Gasteiger partial charge in [0.2, 0.25) is 11.8 Å². The number of unbranched alkanes of at least 4 members (excludes halogenated alkanes) is 28. The van der Waals surface area contributed by atoms with Crippen molar-refractivity contribution in [1.82, 2.24) is 10.2 Å². The first-order valence-corrected chi connectivity index (χ1v) is 22.7. The molecule has 0 spiro atoms. The molecule has 0 aromatic heterocycles. The molecule has 0 saturated heterocycles. The molecule has 0 radical (unpaired) electrons. The van der Waals surface area contributed by atoms with Crippen molar-refractivity contribution in [3.8, 4) is 0 Å². The highest BCUT2D eigenvalue weighted by Crippen LogP contribution is 2.16. The van der Waals surface area contributed by atoms with E-state index in [4.69, 9.17) is 0 Å². The number of aliphatic carboxylic acids is 1. The highest BCUT2D eigenvalue weighted by atomic mass is 16.4. The minimum Gasteiger partial charge on any atom is -0.481 e. The van der Waals surface area contributed by atoms with Crippen molar-refractivity contribution >= 4 is 17.8 Å². The van der Waals surface area contributed by atoms with Gasteiger partial charge in [0.25, 0.3) is 0 Å². The van der Waals surface area contributed by atoms with Crippen LogP contribution >= 0.6 is 0 Å². The maximum Gasteiger partial charge on any atom is 0.305 e. The van der Waals surface area contributed by atoms with Crippen LogP contribution in [0.15, 0.2) is 0 Å². The molecule has 0 aliphatic rings. The first-order valence-electron chi connectivity index (χ1n) is 22.7. The quantitative estimate of drug-likeness (QED) is 0.0484. The van der Waals surface area contributed by atoms with Crippen LogP contribution in [-0.4, -0.2) is 79.1 Å². The van der Waals surface area contributed by atoms with Crippen molar-refractivity contribution in [2.45, 2.75) is 232 Å². The monoisotopic (exact) mass is 737 g/mol. The van der Waals surface area contributed by atoms with Gasteiger partial charge in [-0.25, -0.2) is 0 Å². The van der Waals surface area contributed by atoms with Gasteiger partial charge in [0.1, 0.15) is 6.04 Å². The van der Waals surface area contributed by atoms with E-state index in [0.29, 0.717) is 19.5 Å². The van der Waals surface area contributed by atoms with E-state index >= 15 is 0 Å². The Morgan fingerprint density at radius 2 is 0.827 bits per heavy atom. The lowest BCUT2D eigenvalue weighted by molar-refractivity contribution is -0.870. The average molecular weight is 737 g/mol. The molecule has 0 fully saturated rings. The van der Waals surface area contributed by atoms with Crippen LogP contribution in [0.2, 0.25) is 0 Å². The molecule has 308 valence electrons. The summed E-state index contributed by atoms with van der Waals surface area (Å²) in [6.45, 7) is 6.89. The molecule has 0 heterocycles. The van der Waals surface area contributed by atoms with Crippen LogP contribution in [0.1, 0.15) is 226 Å². The number of hydrogen-bond donors (Lipinski definition) is 2. The summed E-state index contributed by atoms with van der Waals surface area (Å²) in [5.74, 6) is -1.47. The third-order valence-electron chi connectivity index (χ3n) is 10.6. The lowest BCUT2D eigenvalue weighted by Crippen LogP contribution is -2.50. The van der Waals surface area contributed by atoms with E-state index in [-0.39, 0.29) is 18.2 Å². The zero-order valence-corrected chi connectivity index (χ0v) is 35.6. The van der Waals surface area contributed by atoms with Gasteiger partial charge in [0.15, 0.2) is 0 Å². The van der Waals surface area contributed by atoms with Crippen LogP contribution in [-0.2, 0) is 14.4 Å². The fourth-order valence-electron chi connectivity index (χ4n) is 7.24. The number of nitrogens with one attached hydrogen (secondary N) is 1. The highest BCUT2D eigenvalue weighted by molar-refractivity contribution is 5.90. The van der Waals surface area contributed by atoms with Crippen molar-refractivity contribution in [3.63, 3.8) is 0 Å². The number of quaternary nitrogens is 1. The van der Waals surface area contributed by atoms with Crippen LogP contribution in [0.3, 0.4) is 0 Å². The number of carboxylic acids is 1. The minimum atomic E-state index is -1.05. The van der Waals surface area contributed by atoms with Crippen LogP contribution < -0.4 is 5.32 Å². The van der Waals surface area contributed by atoms with Gasteiger partial charge in [-0.3, -0.25) is 14.4 Å². The van der Waals surface area contributed by atoms with Crippen molar-refractivity contribution in [2.24, 2.45) is 0 Å². The summed E-state index contributed by atoms with van der Waals surface area (Å²) in [5.41, 5.74) is 0. The summed E-state index contributed by atoms with van der Waals surface area (Å²) in [6, 6.07) is -0.991. The van der Waals surface area contributed by atoms with Gasteiger partial charge in [-0.05, 0) is 32.1 Å². The van der Waals surface area contributed by atoms with Gasteiger partial charge >= 0.3 is 5.97 Å². The Kier molecular flexibility index (Phi) is 35.2. The molecular formula is C45H90N3O4+. The summed E-state index contributed by atoms with van der Waals surface area (Å²) >= 11 is 0. The second-order valence-electron chi connectivity index (χ2n) is 17.1. The molecule has 2 amide bonds. The molecule has 52 heavy (non-hydrogen) atoms. The third-order valence-corrected chi connectivity index (χ3v) is 10.6. The number of carboxylic acid groups (broad SMARTS) is 1. The fourth-order valence-corrected chi connectivity index (χ4v) is 7.24. The van der Waals surface area contributed by atoms with Gasteiger partial charge in [-0.2, -0.15) is 0 Å². The minimum absolute atomic E-state index is 0.210. The van der Waals surface area contributed by atoms with E-state index < -0.39 is 12.0 Å². The lowest BCUT2D eigenvalue weighted by atomic mass is 10.0. The van der Waals surface area contributed by atoms with E-state index in [0.717, 1.165) is 56.0 Å². The van der Waals surface area contributed by atoms with Crippen molar-refractivity contribution in [3.05, 3.63) is 0 Å². The van der Waals surface area contributed by atoms with Crippen molar-refractivity contribution < 1.29 is 24.0 Å². The average Bonchev–Trinajstić information content (AvgIpc) is 3.09. The zero-order chi connectivity index (χ0) is 38.5. The van der Waals surface area contributed by atoms with Crippen molar-refractivity contribution in [1.29, 1.82) is 0 Å². The first-order chi connectivity index (χ1) is 25.1. The summed E-state index contributed by atoms with van der Waals surface area (Å²) in [7, 11) is 6.49. The molecule has 0 saturated carbocycles. The van der Waals surface area contributed by atoms with Crippen LogP contribution in [0.4, 0.5) is 0 Å². The normalized spacial score (nSPS) is 12.2. The van der Waals surface area contributed by atoms with E-state index in [2.05, 4.69) is 40.3 Å². The molecule has 0 aromatic carbocycles. The lowest BCUT2D eigenvalue weighted by Gasteiger charge is -2.28. The molecule has 0 bridgehead atoms. The maximum atomic E-state index is 13.8. The Balaban J connectivity index is 4.70. The van der Waals surface area contributed by atoms with Crippen LogP contribution in [0.5, 0.6) is 0 Å². The topological polar surface area (TPSA) is 86.7 Å². The SMILES string of the molecule is CCCCCCCCCCCCCCCCN(CCCCCCCCCCCCCCCC)C(=O)[C@H](CC(=O)O)NC(=O)CCCCC[N+](C)(C)C. The first kappa shape index (κ1) is 50.4. The van der Waals surface area contributed by atoms with Gasteiger partial charge in [0.05, 0.1) is 34.1 Å². The van der Waals surface area contributed by atoms with Gasteiger partial charge < -0.3 is 19.8 Å². The molecule has 0 aliphatic carbocycles. The molecule has 2 N–H and O–H groups in total. The number of nitrogens with zero attached hydrogens (tertiary/aromatic N) is 2. The molecule has 7 heteroatoms. The second-order valence-corrected chi connectivity index (χ2v) is 17.1. The van der Waals surface area contributed by atoms with E-state index in [1.807, 2.05) is 4.90 Å². The Labute approximate surface area is 323 Å². The van der Waals surface area contributed by atoms with Crippen molar-refractivity contribution in [2.75, 3.05) is 40.8 Å². The fraction of sp³-hybridized carbons (Fsp3) is 0.933. The molecule has 1 atom stereocenters. The number of carbonyl (C=O) groups is 3. The van der Waals surface area contributed by atoms with E-state index in [9.17, 15) is 19.5 Å². The molecule has 0 aliphatic heterocycles. The van der Waals surface area contributed by atoms with Crippen LogP contribution in [0, 0.1) is 0 Å². The molecule has 0 unspecified atom stereocenters. The zero-order valence-electron chi connectivity index (χ0n) is 35.6. The van der Waals surface area contributed by atoms with Gasteiger partial charge in [-0.1, -0.05) is 181 Å². The summed E-state index contributed by atoms with van der Waals surface area (Å²) < 4.78 is 0.899. The second kappa shape index (κ2) is 36.4. The number of amides is 2. The Hall–Kier alpha value is -1.63. The Morgan fingerprint density at radius 1 is 0.500 bits per heavy atom. The van der Waals surface area contributed by atoms with Gasteiger partial charge in [0, 0.05) is 19.5 Å². The Bertz CT molecular complexity index is 796.